The first-order valence-corrected chi connectivity index (χ1v) is 6.25. The third-order valence-electron chi connectivity index (χ3n) is 3.09. The second kappa shape index (κ2) is 4.54. The zero-order valence-corrected chi connectivity index (χ0v) is 11.0. The Hall–Kier alpha value is -2.53. The molecule has 0 saturated carbocycles. The van der Waals surface area contributed by atoms with Crippen molar-refractivity contribution >= 4 is 33.9 Å². The van der Waals surface area contributed by atoms with E-state index in [-0.39, 0.29) is 5.69 Å². The van der Waals surface area contributed by atoms with Crippen LogP contribution in [0.5, 0.6) is 0 Å². The molecular weight excluding hydrogens is 278 g/mol. The number of nitrogens with zero attached hydrogens (tertiary/aromatic N) is 1. The van der Waals surface area contributed by atoms with Crippen molar-refractivity contribution in [2.24, 2.45) is 0 Å². The number of hydrogen-bond donors (Lipinski definition) is 2. The van der Waals surface area contributed by atoms with Gasteiger partial charge in [-0.1, -0.05) is 23.7 Å². The lowest BCUT2D eigenvalue weighted by Gasteiger charge is -1.98. The van der Waals surface area contributed by atoms with Crippen molar-refractivity contribution in [3.8, 4) is 11.3 Å². The summed E-state index contributed by atoms with van der Waals surface area (Å²) >= 11 is 5.96. The summed E-state index contributed by atoms with van der Waals surface area (Å²) in [5.41, 5.74) is 8.58. The fourth-order valence-electron chi connectivity index (χ4n) is 2.17. The van der Waals surface area contributed by atoms with Crippen LogP contribution in [0.4, 0.5) is 11.4 Å². The lowest BCUT2D eigenvalue weighted by molar-refractivity contribution is -0.384. The molecule has 5 nitrogen and oxygen atoms in total. The predicted molar refractivity (Wildman–Crippen MR) is 79.8 cm³/mol. The van der Waals surface area contributed by atoms with E-state index in [2.05, 4.69) is 4.98 Å². The summed E-state index contributed by atoms with van der Waals surface area (Å²) in [6.45, 7) is 0. The number of halogens is 1. The van der Waals surface area contributed by atoms with Crippen LogP contribution < -0.4 is 5.73 Å². The highest BCUT2D eigenvalue weighted by Gasteiger charge is 2.13. The molecule has 6 heteroatoms. The first kappa shape index (κ1) is 12.5. The van der Waals surface area contributed by atoms with Crippen LogP contribution in [0.2, 0.25) is 5.02 Å². The molecule has 20 heavy (non-hydrogen) atoms. The average Bonchev–Trinajstić information content (AvgIpc) is 2.83. The minimum Gasteiger partial charge on any atom is -0.397 e. The van der Waals surface area contributed by atoms with Crippen molar-refractivity contribution in [3.05, 3.63) is 57.6 Å². The van der Waals surface area contributed by atoms with Gasteiger partial charge in [0.2, 0.25) is 0 Å². The maximum atomic E-state index is 10.8. The Kier molecular flexibility index (Phi) is 2.84. The summed E-state index contributed by atoms with van der Waals surface area (Å²) in [6, 6.07) is 12.0. The monoisotopic (exact) mass is 287 g/mol. The molecule has 3 rings (SSSR count). The number of aromatic nitrogens is 1. The van der Waals surface area contributed by atoms with Crippen LogP contribution >= 0.6 is 11.6 Å². The van der Waals surface area contributed by atoms with Gasteiger partial charge in [-0.2, -0.15) is 0 Å². The van der Waals surface area contributed by atoms with E-state index >= 15 is 0 Å². The number of fused-ring (bicyclic) bond motifs is 1. The Morgan fingerprint density at radius 1 is 1.20 bits per heavy atom. The maximum Gasteiger partial charge on any atom is 0.272 e. The van der Waals surface area contributed by atoms with E-state index in [1.807, 2.05) is 24.3 Å². The number of hydrogen-bond acceptors (Lipinski definition) is 3. The topological polar surface area (TPSA) is 84.9 Å². The molecule has 1 aromatic heterocycles. The number of H-pyrrole nitrogens is 1. The number of nitrogens with one attached hydrogen (secondary N) is 1. The fraction of sp³-hybridized carbons (Fsp3) is 0. The van der Waals surface area contributed by atoms with Gasteiger partial charge in [-0.15, -0.1) is 0 Å². The summed E-state index contributed by atoms with van der Waals surface area (Å²) in [7, 11) is 0. The van der Waals surface area contributed by atoms with E-state index in [9.17, 15) is 10.1 Å². The summed E-state index contributed by atoms with van der Waals surface area (Å²) in [4.78, 5) is 13.6. The Morgan fingerprint density at radius 2 is 2.00 bits per heavy atom. The summed E-state index contributed by atoms with van der Waals surface area (Å²) in [5, 5.41) is 12.2. The average molecular weight is 288 g/mol. The Balaban J connectivity index is 2.20. The van der Waals surface area contributed by atoms with Crippen LogP contribution in [0.25, 0.3) is 22.2 Å². The molecule has 0 aliphatic heterocycles. The van der Waals surface area contributed by atoms with Gasteiger partial charge in [0.1, 0.15) is 0 Å². The molecule has 0 amide bonds. The summed E-state index contributed by atoms with van der Waals surface area (Å²) in [6.07, 6.45) is 0. The number of nitrogen functional groups attached to an aromatic ring is 1. The van der Waals surface area contributed by atoms with Crippen LogP contribution in [0.1, 0.15) is 0 Å². The molecule has 0 fully saturated rings. The third kappa shape index (κ3) is 2.08. The zero-order valence-electron chi connectivity index (χ0n) is 10.3. The van der Waals surface area contributed by atoms with Crippen LogP contribution in [0.15, 0.2) is 42.5 Å². The van der Waals surface area contributed by atoms with Crippen molar-refractivity contribution in [1.82, 2.24) is 4.98 Å². The number of anilines is 1. The van der Waals surface area contributed by atoms with Crippen LogP contribution in [-0.4, -0.2) is 9.91 Å². The van der Waals surface area contributed by atoms with E-state index in [0.717, 1.165) is 11.3 Å². The number of benzene rings is 2. The van der Waals surface area contributed by atoms with Gasteiger partial charge >= 0.3 is 0 Å². The number of rotatable bonds is 2. The molecule has 2 aromatic carbocycles. The molecule has 1 heterocycles. The molecule has 0 spiro atoms. The first-order chi connectivity index (χ1) is 9.54. The maximum absolute atomic E-state index is 10.8. The molecule has 100 valence electrons. The fourth-order valence-corrected chi connectivity index (χ4v) is 2.36. The van der Waals surface area contributed by atoms with Crippen molar-refractivity contribution in [1.29, 1.82) is 0 Å². The largest absolute Gasteiger partial charge is 0.397 e. The van der Waals surface area contributed by atoms with Crippen LogP contribution in [-0.2, 0) is 0 Å². The summed E-state index contributed by atoms with van der Waals surface area (Å²) in [5.74, 6) is 0. The Morgan fingerprint density at radius 3 is 2.70 bits per heavy atom. The molecule has 3 N–H and O–H groups in total. The van der Waals surface area contributed by atoms with Crippen molar-refractivity contribution < 1.29 is 4.92 Å². The second-order valence-corrected chi connectivity index (χ2v) is 4.89. The first-order valence-electron chi connectivity index (χ1n) is 5.87. The predicted octanol–water partition coefficient (Wildman–Crippen LogP) is 3.98. The second-order valence-electron chi connectivity index (χ2n) is 4.45. The van der Waals surface area contributed by atoms with Gasteiger partial charge in [0.05, 0.1) is 16.1 Å². The van der Waals surface area contributed by atoms with Gasteiger partial charge in [-0.25, -0.2) is 0 Å². The highest BCUT2D eigenvalue weighted by atomic mass is 35.5. The molecule has 0 saturated heterocycles. The smallest absolute Gasteiger partial charge is 0.272 e. The molecule has 0 atom stereocenters. The van der Waals surface area contributed by atoms with Gasteiger partial charge in [0.15, 0.2) is 0 Å². The number of nitro benzene ring substituents is 1. The Bertz CT molecular complexity index is 826. The van der Waals surface area contributed by atoms with Crippen LogP contribution in [0, 0.1) is 10.1 Å². The molecule has 0 unspecified atom stereocenters. The SMILES string of the molecule is Nc1cc([N+](=O)[O-])cc2cc(-c3cccc(Cl)c3)[nH]c12. The van der Waals surface area contributed by atoms with E-state index in [1.165, 1.54) is 12.1 Å². The minimum atomic E-state index is -0.456. The Labute approximate surface area is 119 Å². The summed E-state index contributed by atoms with van der Waals surface area (Å²) < 4.78 is 0. The molecular formula is C14H10ClN3O2. The molecule has 0 aliphatic carbocycles. The highest BCUT2D eigenvalue weighted by Crippen LogP contribution is 2.31. The van der Waals surface area contributed by atoms with Crippen molar-refractivity contribution in [3.63, 3.8) is 0 Å². The van der Waals surface area contributed by atoms with Crippen LogP contribution in [0.3, 0.4) is 0 Å². The number of nitrogens with two attached hydrogens (primary N) is 1. The van der Waals surface area contributed by atoms with Gasteiger partial charge in [-0.05, 0) is 23.8 Å². The molecule has 0 radical (unpaired) electrons. The number of nitro groups is 1. The van der Waals surface area contributed by atoms with E-state index in [0.29, 0.717) is 21.6 Å². The van der Waals surface area contributed by atoms with E-state index in [4.69, 9.17) is 17.3 Å². The van der Waals surface area contributed by atoms with Gasteiger partial charge in [-0.3, -0.25) is 10.1 Å². The third-order valence-corrected chi connectivity index (χ3v) is 3.33. The quantitative estimate of drug-likeness (QED) is 0.425. The van der Waals surface area contributed by atoms with E-state index in [1.54, 1.807) is 6.07 Å². The number of aromatic amines is 1. The molecule has 0 aliphatic rings. The van der Waals surface area contributed by atoms with Gasteiger partial charge in [0, 0.05) is 28.2 Å². The standard InChI is InChI=1S/C14H10ClN3O2/c15-10-3-1-2-8(4-10)13-6-9-5-11(18(19)20)7-12(16)14(9)17-13/h1-7,17H,16H2. The number of non-ortho nitro benzene ring substituents is 1. The van der Waals surface area contributed by atoms with E-state index < -0.39 is 4.92 Å². The van der Waals surface area contributed by atoms with Crippen molar-refractivity contribution in [2.45, 2.75) is 0 Å². The zero-order chi connectivity index (χ0) is 14.3. The molecule has 3 aromatic rings. The molecule has 0 bridgehead atoms. The normalized spacial score (nSPS) is 10.8. The lowest BCUT2D eigenvalue weighted by atomic mass is 10.1. The minimum absolute atomic E-state index is 0.0216. The highest BCUT2D eigenvalue weighted by molar-refractivity contribution is 6.30. The lowest BCUT2D eigenvalue weighted by Crippen LogP contribution is -1.92. The van der Waals surface area contributed by atoms with Crippen molar-refractivity contribution in [2.75, 3.05) is 5.73 Å². The van der Waals surface area contributed by atoms with Gasteiger partial charge < -0.3 is 10.7 Å². The van der Waals surface area contributed by atoms with Gasteiger partial charge in [0.25, 0.3) is 5.69 Å².